The first kappa shape index (κ1) is 15.2. The highest BCUT2D eigenvalue weighted by Gasteiger charge is 2.16. The number of nitrogens with one attached hydrogen (secondary N) is 1. The molecule has 0 saturated carbocycles. The monoisotopic (exact) mass is 335 g/mol. The first-order valence-electron chi connectivity index (χ1n) is 6.75. The second-order valence-electron chi connectivity index (χ2n) is 5.21. The van der Waals surface area contributed by atoms with Gasteiger partial charge in [0.15, 0.2) is 0 Å². The average Bonchev–Trinajstić information content (AvgIpc) is 2.44. The Morgan fingerprint density at radius 2 is 1.60 bits per heavy atom. The van der Waals surface area contributed by atoms with Crippen LogP contribution >= 0.6 is 15.9 Å². The molecule has 1 N–H and O–H groups in total. The Bertz CT molecular complexity index is 578. The van der Waals surface area contributed by atoms with E-state index in [1.54, 1.807) is 6.07 Å². The molecule has 0 radical (unpaired) electrons. The van der Waals surface area contributed by atoms with Crippen LogP contribution in [0.4, 0.5) is 4.39 Å². The van der Waals surface area contributed by atoms with Gasteiger partial charge in [0.2, 0.25) is 0 Å². The Hall–Kier alpha value is -1.19. The third-order valence-corrected chi connectivity index (χ3v) is 3.99. The third kappa shape index (κ3) is 3.28. The van der Waals surface area contributed by atoms with Crippen molar-refractivity contribution in [1.29, 1.82) is 0 Å². The van der Waals surface area contributed by atoms with E-state index in [-0.39, 0.29) is 11.9 Å². The fraction of sp³-hybridized carbons (Fsp3) is 0.294. The van der Waals surface area contributed by atoms with E-state index in [4.69, 9.17) is 0 Å². The Balaban J connectivity index is 2.39. The summed E-state index contributed by atoms with van der Waals surface area (Å²) in [5, 5.41) is 3.19. The normalized spacial score (nSPS) is 12.7. The minimum Gasteiger partial charge on any atom is -0.309 e. The molecule has 0 amide bonds. The van der Waals surface area contributed by atoms with Crippen LogP contribution in [0.5, 0.6) is 0 Å². The highest BCUT2D eigenvalue weighted by atomic mass is 79.9. The van der Waals surface area contributed by atoms with Gasteiger partial charge >= 0.3 is 0 Å². The molecule has 106 valence electrons. The lowest BCUT2D eigenvalue weighted by atomic mass is 9.95. The molecule has 2 aromatic carbocycles. The molecule has 0 spiro atoms. The van der Waals surface area contributed by atoms with Crippen LogP contribution in [0.15, 0.2) is 46.9 Å². The molecule has 0 aliphatic carbocycles. The van der Waals surface area contributed by atoms with Crippen LogP contribution in [0, 0.1) is 5.82 Å². The number of hydrogen-bond acceptors (Lipinski definition) is 1. The molecule has 0 aliphatic heterocycles. The largest absolute Gasteiger partial charge is 0.309 e. The highest BCUT2D eigenvalue weighted by Crippen LogP contribution is 2.28. The van der Waals surface area contributed by atoms with Crippen LogP contribution in [0.25, 0.3) is 0 Å². The first-order chi connectivity index (χ1) is 9.52. The van der Waals surface area contributed by atoms with E-state index in [2.05, 4.69) is 59.4 Å². The van der Waals surface area contributed by atoms with Crippen LogP contribution in [0.2, 0.25) is 0 Å². The number of benzene rings is 2. The molecule has 0 saturated heterocycles. The molecule has 0 heterocycles. The molecule has 2 rings (SSSR count). The Labute approximate surface area is 128 Å². The lowest BCUT2D eigenvalue weighted by Crippen LogP contribution is -2.19. The van der Waals surface area contributed by atoms with Crippen molar-refractivity contribution in [2.24, 2.45) is 0 Å². The summed E-state index contributed by atoms with van der Waals surface area (Å²) in [6, 6.07) is 13.2. The van der Waals surface area contributed by atoms with Gasteiger partial charge in [-0.25, -0.2) is 4.39 Å². The van der Waals surface area contributed by atoms with Gasteiger partial charge in [-0.1, -0.05) is 54.0 Å². The molecule has 0 aromatic heterocycles. The number of halogens is 2. The summed E-state index contributed by atoms with van der Waals surface area (Å²) in [5.74, 6) is 0.306. The van der Waals surface area contributed by atoms with Gasteiger partial charge in [0.05, 0.1) is 6.04 Å². The lowest BCUT2D eigenvalue weighted by molar-refractivity contribution is 0.575. The van der Waals surface area contributed by atoms with Gasteiger partial charge in [-0.15, -0.1) is 0 Å². The van der Waals surface area contributed by atoms with Crippen LogP contribution in [-0.4, -0.2) is 7.05 Å². The molecule has 1 atom stereocenters. The summed E-state index contributed by atoms with van der Waals surface area (Å²) in [7, 11) is 1.85. The standard InChI is InChI=1S/C17H19BrFN/c1-11(2)12-4-6-13(7-5-12)17(20-3)15-10-14(18)8-9-16(15)19/h4-11,17,20H,1-3H3. The molecule has 0 fully saturated rings. The van der Waals surface area contributed by atoms with Crippen molar-refractivity contribution in [3.05, 3.63) is 69.4 Å². The van der Waals surface area contributed by atoms with Crippen molar-refractivity contribution in [3.63, 3.8) is 0 Å². The fourth-order valence-electron chi connectivity index (χ4n) is 2.31. The Morgan fingerprint density at radius 3 is 2.15 bits per heavy atom. The number of rotatable bonds is 4. The van der Waals surface area contributed by atoms with Crippen molar-refractivity contribution in [1.82, 2.24) is 5.32 Å². The summed E-state index contributed by atoms with van der Waals surface area (Å²) in [6.07, 6.45) is 0. The quantitative estimate of drug-likeness (QED) is 0.827. The molecule has 2 aromatic rings. The zero-order valence-corrected chi connectivity index (χ0v) is 13.5. The molecule has 20 heavy (non-hydrogen) atoms. The van der Waals surface area contributed by atoms with E-state index >= 15 is 0 Å². The van der Waals surface area contributed by atoms with Crippen molar-refractivity contribution in [2.75, 3.05) is 7.05 Å². The molecule has 1 unspecified atom stereocenters. The van der Waals surface area contributed by atoms with Gasteiger partial charge in [0.1, 0.15) is 5.82 Å². The summed E-state index contributed by atoms with van der Waals surface area (Å²) >= 11 is 3.40. The fourth-order valence-corrected chi connectivity index (χ4v) is 2.69. The van der Waals surface area contributed by atoms with Gasteiger partial charge in [0, 0.05) is 10.0 Å². The summed E-state index contributed by atoms with van der Waals surface area (Å²) in [5.41, 5.74) is 3.01. The summed E-state index contributed by atoms with van der Waals surface area (Å²) < 4.78 is 14.9. The Morgan fingerprint density at radius 1 is 1.00 bits per heavy atom. The van der Waals surface area contributed by atoms with E-state index in [1.807, 2.05) is 13.1 Å². The second kappa shape index (κ2) is 6.51. The SMILES string of the molecule is CNC(c1ccc(C(C)C)cc1)c1cc(Br)ccc1F. The predicted octanol–water partition coefficient (Wildman–Crippen LogP) is 5.02. The average molecular weight is 336 g/mol. The van der Waals surface area contributed by atoms with Crippen LogP contribution < -0.4 is 5.32 Å². The van der Waals surface area contributed by atoms with Crippen LogP contribution in [0.1, 0.15) is 42.5 Å². The molecular formula is C17H19BrFN. The van der Waals surface area contributed by atoms with Gasteiger partial charge in [-0.05, 0) is 42.3 Å². The van der Waals surface area contributed by atoms with Gasteiger partial charge in [-0.2, -0.15) is 0 Å². The minimum atomic E-state index is -0.194. The van der Waals surface area contributed by atoms with E-state index in [0.717, 1.165) is 10.0 Å². The van der Waals surface area contributed by atoms with Gasteiger partial charge < -0.3 is 5.32 Å². The zero-order valence-electron chi connectivity index (χ0n) is 12.0. The molecule has 1 nitrogen and oxygen atoms in total. The maximum atomic E-state index is 14.0. The maximum absolute atomic E-state index is 14.0. The van der Waals surface area contributed by atoms with Crippen molar-refractivity contribution < 1.29 is 4.39 Å². The van der Waals surface area contributed by atoms with Crippen molar-refractivity contribution in [3.8, 4) is 0 Å². The summed E-state index contributed by atoms with van der Waals surface area (Å²) in [4.78, 5) is 0. The molecule has 3 heteroatoms. The number of hydrogen-bond donors (Lipinski definition) is 1. The third-order valence-electron chi connectivity index (χ3n) is 3.49. The molecule has 0 aliphatic rings. The lowest BCUT2D eigenvalue weighted by Gasteiger charge is -2.19. The van der Waals surface area contributed by atoms with Gasteiger partial charge in [0.25, 0.3) is 0 Å². The molecule has 0 bridgehead atoms. The maximum Gasteiger partial charge on any atom is 0.128 e. The summed E-state index contributed by atoms with van der Waals surface area (Å²) in [6.45, 7) is 4.33. The molecular weight excluding hydrogens is 317 g/mol. The van der Waals surface area contributed by atoms with Crippen LogP contribution in [-0.2, 0) is 0 Å². The second-order valence-corrected chi connectivity index (χ2v) is 6.12. The van der Waals surface area contributed by atoms with Crippen molar-refractivity contribution in [2.45, 2.75) is 25.8 Å². The Kier molecular flexibility index (Phi) is 4.95. The smallest absolute Gasteiger partial charge is 0.128 e. The van der Waals surface area contributed by atoms with Gasteiger partial charge in [-0.3, -0.25) is 0 Å². The van der Waals surface area contributed by atoms with E-state index < -0.39 is 0 Å². The topological polar surface area (TPSA) is 12.0 Å². The highest BCUT2D eigenvalue weighted by molar-refractivity contribution is 9.10. The van der Waals surface area contributed by atoms with E-state index in [1.165, 1.54) is 11.6 Å². The van der Waals surface area contributed by atoms with Crippen LogP contribution in [0.3, 0.4) is 0 Å². The zero-order chi connectivity index (χ0) is 14.7. The van der Waals surface area contributed by atoms with E-state index in [9.17, 15) is 4.39 Å². The van der Waals surface area contributed by atoms with Crippen molar-refractivity contribution >= 4 is 15.9 Å². The first-order valence-corrected chi connectivity index (χ1v) is 7.54. The van der Waals surface area contributed by atoms with E-state index in [0.29, 0.717) is 11.5 Å². The minimum absolute atomic E-state index is 0.145. The predicted molar refractivity (Wildman–Crippen MR) is 85.5 cm³/mol.